The van der Waals surface area contributed by atoms with Crippen molar-refractivity contribution < 1.29 is 14.3 Å². The van der Waals surface area contributed by atoms with Crippen molar-refractivity contribution in [3.8, 4) is 5.75 Å². The molecule has 0 aromatic heterocycles. The van der Waals surface area contributed by atoms with Crippen molar-refractivity contribution in [2.75, 3.05) is 18.5 Å². The highest BCUT2D eigenvalue weighted by molar-refractivity contribution is 6.31. The number of rotatable bonds is 7. The zero-order valence-corrected chi connectivity index (χ0v) is 15.9. The summed E-state index contributed by atoms with van der Waals surface area (Å²) in [5.74, 6) is 0.191. The highest BCUT2D eigenvalue weighted by Crippen LogP contribution is 2.22. The number of halogens is 1. The minimum Gasteiger partial charge on any atom is -0.493 e. The largest absolute Gasteiger partial charge is 0.493 e. The van der Waals surface area contributed by atoms with Gasteiger partial charge >= 0.3 is 0 Å². The fraction of sp³-hybridized carbons (Fsp3) is 0.300. The van der Waals surface area contributed by atoms with Gasteiger partial charge in [0.1, 0.15) is 5.75 Å². The molecule has 2 aromatic rings. The summed E-state index contributed by atoms with van der Waals surface area (Å²) in [4.78, 5) is 23.8. The van der Waals surface area contributed by atoms with Gasteiger partial charge in [-0.1, -0.05) is 23.7 Å². The zero-order chi connectivity index (χ0) is 19.1. The van der Waals surface area contributed by atoms with Gasteiger partial charge in [-0.2, -0.15) is 0 Å². The van der Waals surface area contributed by atoms with Gasteiger partial charge in [-0.25, -0.2) is 0 Å². The zero-order valence-electron chi connectivity index (χ0n) is 15.2. The minimum absolute atomic E-state index is 0.103. The summed E-state index contributed by atoms with van der Waals surface area (Å²) in [7, 11) is 0. The fourth-order valence-corrected chi connectivity index (χ4v) is 2.66. The number of amides is 2. The standard InChI is InChI=1S/C20H23ClN2O3/c1-13-9-14(2)11-16(10-13)26-8-7-19(24)22-12-20(25)23-18-6-4-5-17(21)15(18)3/h4-6,9-11H,7-8,12H2,1-3H3,(H,22,24)(H,23,25). The molecule has 0 radical (unpaired) electrons. The molecule has 0 unspecified atom stereocenters. The van der Waals surface area contributed by atoms with Gasteiger partial charge in [-0.05, 0) is 61.7 Å². The highest BCUT2D eigenvalue weighted by atomic mass is 35.5. The smallest absolute Gasteiger partial charge is 0.243 e. The monoisotopic (exact) mass is 374 g/mol. The van der Waals surface area contributed by atoms with E-state index >= 15 is 0 Å². The molecule has 0 saturated carbocycles. The second-order valence-electron chi connectivity index (χ2n) is 6.16. The normalized spacial score (nSPS) is 10.3. The molecule has 0 spiro atoms. The number of nitrogens with one attached hydrogen (secondary N) is 2. The molecule has 6 heteroatoms. The van der Waals surface area contributed by atoms with E-state index in [1.54, 1.807) is 18.2 Å². The van der Waals surface area contributed by atoms with Crippen LogP contribution < -0.4 is 15.4 Å². The summed E-state index contributed by atoms with van der Waals surface area (Å²) in [6.45, 7) is 5.96. The van der Waals surface area contributed by atoms with Crippen molar-refractivity contribution >= 4 is 29.1 Å². The predicted molar refractivity (Wildman–Crippen MR) is 104 cm³/mol. The average Bonchev–Trinajstić information content (AvgIpc) is 2.56. The molecule has 0 atom stereocenters. The van der Waals surface area contributed by atoms with E-state index in [-0.39, 0.29) is 31.4 Å². The Morgan fingerprint density at radius 1 is 1.04 bits per heavy atom. The van der Waals surface area contributed by atoms with Crippen molar-refractivity contribution in [1.29, 1.82) is 0 Å². The molecule has 2 aromatic carbocycles. The first kappa shape index (κ1) is 19.8. The van der Waals surface area contributed by atoms with Crippen LogP contribution in [0.5, 0.6) is 5.75 Å². The Kier molecular flexibility index (Phi) is 7.04. The first-order valence-electron chi connectivity index (χ1n) is 8.38. The molecule has 2 N–H and O–H groups in total. The first-order valence-corrected chi connectivity index (χ1v) is 8.75. The lowest BCUT2D eigenvalue weighted by Crippen LogP contribution is -2.33. The highest BCUT2D eigenvalue weighted by Gasteiger charge is 2.09. The molecule has 0 saturated heterocycles. The third-order valence-electron chi connectivity index (χ3n) is 3.78. The van der Waals surface area contributed by atoms with E-state index in [1.165, 1.54) is 0 Å². The molecule has 5 nitrogen and oxygen atoms in total. The van der Waals surface area contributed by atoms with Gasteiger partial charge in [0, 0.05) is 10.7 Å². The van der Waals surface area contributed by atoms with E-state index in [4.69, 9.17) is 16.3 Å². The molecular formula is C20H23ClN2O3. The van der Waals surface area contributed by atoms with Crippen LogP contribution in [0.4, 0.5) is 5.69 Å². The first-order chi connectivity index (χ1) is 12.3. The Morgan fingerprint density at radius 3 is 2.42 bits per heavy atom. The maximum absolute atomic E-state index is 12.0. The summed E-state index contributed by atoms with van der Waals surface area (Å²) in [6.07, 6.45) is 0.177. The van der Waals surface area contributed by atoms with Crippen molar-refractivity contribution in [3.05, 3.63) is 58.1 Å². The van der Waals surface area contributed by atoms with Gasteiger partial charge in [0.2, 0.25) is 11.8 Å². The molecule has 138 valence electrons. The quantitative estimate of drug-likeness (QED) is 0.774. The maximum Gasteiger partial charge on any atom is 0.243 e. The Balaban J connectivity index is 1.72. The number of aryl methyl sites for hydroxylation is 2. The summed E-state index contributed by atoms with van der Waals surface area (Å²) in [6, 6.07) is 11.2. The van der Waals surface area contributed by atoms with Gasteiger partial charge in [0.15, 0.2) is 0 Å². The number of carbonyl (C=O) groups excluding carboxylic acids is 2. The lowest BCUT2D eigenvalue weighted by atomic mass is 10.1. The molecule has 0 aliphatic rings. The third kappa shape index (κ3) is 6.08. The SMILES string of the molecule is Cc1cc(C)cc(OCCC(=O)NCC(=O)Nc2cccc(Cl)c2C)c1. The van der Waals surface area contributed by atoms with Crippen molar-refractivity contribution in [2.24, 2.45) is 0 Å². The Morgan fingerprint density at radius 2 is 1.73 bits per heavy atom. The van der Waals surface area contributed by atoms with Gasteiger partial charge in [0.05, 0.1) is 19.6 Å². The predicted octanol–water partition coefficient (Wildman–Crippen LogP) is 3.79. The Hall–Kier alpha value is -2.53. The van der Waals surface area contributed by atoms with Crippen molar-refractivity contribution in [2.45, 2.75) is 27.2 Å². The Labute approximate surface area is 158 Å². The van der Waals surface area contributed by atoms with Crippen molar-refractivity contribution in [1.82, 2.24) is 5.32 Å². The molecule has 2 rings (SSSR count). The summed E-state index contributed by atoms with van der Waals surface area (Å²) >= 11 is 6.02. The van der Waals surface area contributed by atoms with Gasteiger partial charge in [-0.15, -0.1) is 0 Å². The molecular weight excluding hydrogens is 352 g/mol. The average molecular weight is 375 g/mol. The van der Waals surface area contributed by atoms with Crippen LogP contribution >= 0.6 is 11.6 Å². The van der Waals surface area contributed by atoms with Gasteiger partial charge in [0.25, 0.3) is 0 Å². The number of hydrogen-bond acceptors (Lipinski definition) is 3. The minimum atomic E-state index is -0.307. The van der Waals surface area contributed by atoms with Crippen LogP contribution in [0.2, 0.25) is 5.02 Å². The summed E-state index contributed by atoms with van der Waals surface area (Å²) in [5.41, 5.74) is 3.64. The van der Waals surface area contributed by atoms with Gasteiger partial charge in [-0.3, -0.25) is 9.59 Å². The van der Waals surface area contributed by atoms with Crippen LogP contribution in [-0.2, 0) is 9.59 Å². The number of anilines is 1. The van der Waals surface area contributed by atoms with E-state index in [0.717, 1.165) is 22.4 Å². The number of ether oxygens (including phenoxy) is 1. The lowest BCUT2D eigenvalue weighted by molar-refractivity contribution is -0.124. The topological polar surface area (TPSA) is 67.4 Å². The van der Waals surface area contributed by atoms with Gasteiger partial charge < -0.3 is 15.4 Å². The van der Waals surface area contributed by atoms with Crippen LogP contribution in [0.25, 0.3) is 0 Å². The van der Waals surface area contributed by atoms with Crippen LogP contribution in [0, 0.1) is 20.8 Å². The summed E-state index contributed by atoms with van der Waals surface area (Å²) in [5, 5.41) is 5.89. The second-order valence-corrected chi connectivity index (χ2v) is 6.57. The molecule has 0 aliphatic heterocycles. The van der Waals surface area contributed by atoms with E-state index in [0.29, 0.717) is 10.7 Å². The number of hydrogen-bond donors (Lipinski definition) is 2. The van der Waals surface area contributed by atoms with E-state index < -0.39 is 0 Å². The number of benzene rings is 2. The van der Waals surface area contributed by atoms with Crippen LogP contribution in [-0.4, -0.2) is 25.0 Å². The van der Waals surface area contributed by atoms with Crippen LogP contribution in [0.15, 0.2) is 36.4 Å². The molecule has 0 aliphatic carbocycles. The molecule has 0 fully saturated rings. The van der Waals surface area contributed by atoms with E-state index in [2.05, 4.69) is 16.7 Å². The third-order valence-corrected chi connectivity index (χ3v) is 4.19. The van der Waals surface area contributed by atoms with E-state index in [1.807, 2.05) is 32.9 Å². The second kappa shape index (κ2) is 9.25. The van der Waals surface area contributed by atoms with Crippen LogP contribution in [0.1, 0.15) is 23.1 Å². The number of carbonyl (C=O) groups is 2. The maximum atomic E-state index is 12.0. The molecule has 0 heterocycles. The Bertz CT molecular complexity index is 785. The fourth-order valence-electron chi connectivity index (χ4n) is 2.48. The molecule has 0 bridgehead atoms. The van der Waals surface area contributed by atoms with Crippen LogP contribution in [0.3, 0.4) is 0 Å². The molecule has 26 heavy (non-hydrogen) atoms. The van der Waals surface area contributed by atoms with Crippen molar-refractivity contribution in [3.63, 3.8) is 0 Å². The molecule has 2 amide bonds. The summed E-state index contributed by atoms with van der Waals surface area (Å²) < 4.78 is 5.59. The lowest BCUT2D eigenvalue weighted by Gasteiger charge is -2.11. The van der Waals surface area contributed by atoms with E-state index in [9.17, 15) is 9.59 Å².